The molecule has 2 aliphatic carbocycles. The number of amides is 2. The minimum absolute atomic E-state index is 0.0210. The Kier molecular flexibility index (Phi) is 3.43. The molecule has 2 bridgehead atoms. The minimum Gasteiger partial charge on any atom is -0.478 e. The number of hydrogen-bond donors (Lipinski definition) is 1. The monoisotopic (exact) mass is 441 g/mol. The topological polar surface area (TPSA) is 74.7 Å². The van der Waals surface area contributed by atoms with Crippen LogP contribution in [0.5, 0.6) is 0 Å². The summed E-state index contributed by atoms with van der Waals surface area (Å²) in [6.45, 7) is 0. The summed E-state index contributed by atoms with van der Waals surface area (Å²) in [5.74, 6) is -2.10. The molecule has 0 aromatic heterocycles. The third kappa shape index (κ3) is 1.92. The molecule has 6 atom stereocenters. The van der Waals surface area contributed by atoms with Crippen LogP contribution < -0.4 is 4.90 Å². The highest BCUT2D eigenvalue weighted by molar-refractivity contribution is 9.12. The number of halogens is 2. The van der Waals surface area contributed by atoms with Gasteiger partial charge in [-0.2, -0.15) is 0 Å². The Morgan fingerprint density at radius 1 is 1.04 bits per heavy atom. The van der Waals surface area contributed by atoms with Gasteiger partial charge in [-0.25, -0.2) is 9.69 Å². The number of carboxylic acids is 1. The zero-order chi connectivity index (χ0) is 16.5. The molecule has 0 spiro atoms. The van der Waals surface area contributed by atoms with E-state index >= 15 is 0 Å². The number of benzene rings is 1. The molecule has 1 saturated heterocycles. The van der Waals surface area contributed by atoms with Gasteiger partial charge in [0.1, 0.15) is 0 Å². The average Bonchev–Trinajstić information content (AvgIpc) is 3.12. The second-order valence-electron chi connectivity index (χ2n) is 6.34. The van der Waals surface area contributed by atoms with E-state index in [1.165, 1.54) is 12.1 Å². The summed E-state index contributed by atoms with van der Waals surface area (Å²) in [7, 11) is 0. The van der Waals surface area contributed by atoms with Gasteiger partial charge in [-0.3, -0.25) is 9.59 Å². The molecule has 4 rings (SSSR count). The SMILES string of the molecule is O=C(O)c1ccccc1N1C(=O)[C@@H]2[C@H](C1=O)[C@H]1C[C@@H]2C(Br)C1Br. The van der Waals surface area contributed by atoms with Crippen molar-refractivity contribution in [3.63, 3.8) is 0 Å². The van der Waals surface area contributed by atoms with E-state index in [1.54, 1.807) is 12.1 Å². The van der Waals surface area contributed by atoms with E-state index in [0.29, 0.717) is 0 Å². The van der Waals surface area contributed by atoms with Gasteiger partial charge in [-0.1, -0.05) is 44.0 Å². The maximum absolute atomic E-state index is 12.9. The summed E-state index contributed by atoms with van der Waals surface area (Å²) in [6.07, 6.45) is 0.854. The summed E-state index contributed by atoms with van der Waals surface area (Å²) >= 11 is 7.27. The van der Waals surface area contributed by atoms with Crippen molar-refractivity contribution >= 4 is 55.3 Å². The van der Waals surface area contributed by atoms with Gasteiger partial charge in [0.15, 0.2) is 0 Å². The first-order chi connectivity index (χ1) is 10.9. The Morgan fingerprint density at radius 2 is 1.57 bits per heavy atom. The zero-order valence-electron chi connectivity index (χ0n) is 11.9. The normalized spacial score (nSPS) is 38.3. The lowest BCUT2D eigenvalue weighted by molar-refractivity contribution is -0.123. The number of rotatable bonds is 2. The Morgan fingerprint density at radius 3 is 2.09 bits per heavy atom. The van der Waals surface area contributed by atoms with Crippen molar-refractivity contribution in [2.24, 2.45) is 23.7 Å². The molecular formula is C16H13Br2NO4. The van der Waals surface area contributed by atoms with E-state index in [4.69, 9.17) is 0 Å². The average molecular weight is 443 g/mol. The van der Waals surface area contributed by atoms with E-state index in [2.05, 4.69) is 31.9 Å². The lowest BCUT2D eigenvalue weighted by Gasteiger charge is -2.28. The molecule has 1 heterocycles. The van der Waals surface area contributed by atoms with E-state index < -0.39 is 5.97 Å². The van der Waals surface area contributed by atoms with Crippen molar-refractivity contribution in [3.8, 4) is 0 Å². The second-order valence-corrected chi connectivity index (χ2v) is 8.45. The third-order valence-corrected chi connectivity index (χ3v) is 8.57. The van der Waals surface area contributed by atoms with Crippen molar-refractivity contribution in [2.75, 3.05) is 4.90 Å². The number of hydrogen-bond acceptors (Lipinski definition) is 3. The van der Waals surface area contributed by atoms with E-state index in [0.717, 1.165) is 11.3 Å². The first kappa shape index (κ1) is 15.3. The third-order valence-electron chi connectivity index (χ3n) is 5.36. The lowest BCUT2D eigenvalue weighted by atomic mass is 9.81. The number of anilines is 1. The van der Waals surface area contributed by atoms with Crippen molar-refractivity contribution < 1.29 is 19.5 Å². The molecule has 0 radical (unpaired) electrons. The molecule has 1 aromatic carbocycles. The largest absolute Gasteiger partial charge is 0.478 e. The molecule has 3 fully saturated rings. The fourth-order valence-corrected chi connectivity index (χ4v) is 6.31. The second kappa shape index (κ2) is 5.14. The van der Waals surface area contributed by atoms with Crippen molar-refractivity contribution in [1.29, 1.82) is 0 Å². The van der Waals surface area contributed by atoms with Crippen LogP contribution in [0.3, 0.4) is 0 Å². The zero-order valence-corrected chi connectivity index (χ0v) is 15.0. The van der Waals surface area contributed by atoms with Gasteiger partial charge in [0.2, 0.25) is 11.8 Å². The number of nitrogens with zero attached hydrogens (tertiary/aromatic N) is 1. The number of alkyl halides is 2. The number of carbonyl (C=O) groups is 3. The highest BCUT2D eigenvalue weighted by Crippen LogP contribution is 2.60. The summed E-state index contributed by atoms with van der Waals surface area (Å²) in [4.78, 5) is 38.6. The summed E-state index contributed by atoms with van der Waals surface area (Å²) in [5, 5.41) is 9.34. The van der Waals surface area contributed by atoms with Gasteiger partial charge in [0.05, 0.1) is 23.1 Å². The standard InChI is InChI=1S/C16H13Br2NO4/c17-12-7-5-8(13(12)18)11-10(7)14(20)19(15(11)21)9-4-2-1-3-6(9)16(22)23/h1-4,7-8,10-13H,5H2,(H,22,23)/t7-,8+,10-,11+,12?,13?. The predicted molar refractivity (Wildman–Crippen MR) is 89.9 cm³/mol. The fraction of sp³-hybridized carbons (Fsp3) is 0.438. The van der Waals surface area contributed by atoms with Crippen molar-refractivity contribution in [3.05, 3.63) is 29.8 Å². The highest BCUT2D eigenvalue weighted by atomic mass is 79.9. The smallest absolute Gasteiger partial charge is 0.337 e. The number of fused-ring (bicyclic) bond motifs is 5. The molecule has 5 nitrogen and oxygen atoms in total. The van der Waals surface area contributed by atoms with Crippen LogP contribution in [0.4, 0.5) is 5.69 Å². The highest BCUT2D eigenvalue weighted by Gasteiger charge is 2.66. The van der Waals surface area contributed by atoms with E-state index in [1.807, 2.05) is 0 Å². The molecule has 23 heavy (non-hydrogen) atoms. The molecular weight excluding hydrogens is 430 g/mol. The Hall–Kier alpha value is -1.21. The van der Waals surface area contributed by atoms with Gasteiger partial charge in [-0.15, -0.1) is 0 Å². The predicted octanol–water partition coefficient (Wildman–Crippen LogP) is 2.67. The molecule has 2 amide bonds. The summed E-state index contributed by atoms with van der Waals surface area (Å²) in [5.41, 5.74) is 0.161. The van der Waals surface area contributed by atoms with Gasteiger partial charge in [0.25, 0.3) is 0 Å². The van der Waals surface area contributed by atoms with Crippen LogP contribution in [0.15, 0.2) is 24.3 Å². The van der Waals surface area contributed by atoms with Gasteiger partial charge in [0, 0.05) is 9.65 Å². The molecule has 1 aromatic rings. The van der Waals surface area contributed by atoms with Crippen LogP contribution in [0.1, 0.15) is 16.8 Å². The number of imide groups is 1. The Balaban J connectivity index is 1.78. The van der Waals surface area contributed by atoms with Gasteiger partial charge >= 0.3 is 5.97 Å². The molecule has 1 N–H and O–H groups in total. The quantitative estimate of drug-likeness (QED) is 0.564. The Bertz CT molecular complexity index is 705. The first-order valence-electron chi connectivity index (χ1n) is 7.41. The van der Waals surface area contributed by atoms with Crippen LogP contribution >= 0.6 is 31.9 Å². The van der Waals surface area contributed by atoms with Gasteiger partial charge < -0.3 is 5.11 Å². The van der Waals surface area contributed by atoms with Crippen LogP contribution in [-0.4, -0.2) is 32.5 Å². The van der Waals surface area contributed by atoms with Crippen LogP contribution in [0.2, 0.25) is 0 Å². The van der Waals surface area contributed by atoms with Crippen molar-refractivity contribution in [2.45, 2.75) is 16.1 Å². The van der Waals surface area contributed by atoms with Crippen molar-refractivity contribution in [1.82, 2.24) is 0 Å². The Labute approximate surface area is 149 Å². The lowest BCUT2D eigenvalue weighted by Crippen LogP contribution is -2.37. The molecule has 2 saturated carbocycles. The molecule has 3 aliphatic rings. The van der Waals surface area contributed by atoms with Gasteiger partial charge in [-0.05, 0) is 30.4 Å². The summed E-state index contributed by atoms with van der Waals surface area (Å²) < 4.78 is 0. The molecule has 1 aliphatic heterocycles. The first-order valence-corrected chi connectivity index (χ1v) is 9.25. The summed E-state index contributed by atoms with van der Waals surface area (Å²) in [6, 6.07) is 6.18. The van der Waals surface area contributed by atoms with E-state index in [9.17, 15) is 19.5 Å². The fourth-order valence-electron chi connectivity index (χ4n) is 4.44. The number of para-hydroxylation sites is 1. The van der Waals surface area contributed by atoms with Crippen LogP contribution in [0.25, 0.3) is 0 Å². The molecule has 7 heteroatoms. The molecule has 120 valence electrons. The number of carboxylic acid groups (broad SMARTS) is 1. The maximum atomic E-state index is 12.9. The minimum atomic E-state index is -1.14. The van der Waals surface area contributed by atoms with Crippen LogP contribution in [0, 0.1) is 23.7 Å². The van der Waals surface area contributed by atoms with E-state index in [-0.39, 0.29) is 56.4 Å². The van der Waals surface area contributed by atoms with Crippen LogP contribution in [-0.2, 0) is 9.59 Å². The molecule has 2 unspecified atom stereocenters. The number of aromatic carboxylic acids is 1. The number of carbonyl (C=O) groups excluding carboxylic acids is 2. The maximum Gasteiger partial charge on any atom is 0.337 e.